The van der Waals surface area contributed by atoms with Gasteiger partial charge in [0.05, 0.1) is 12.7 Å². The Morgan fingerprint density at radius 3 is 3.00 bits per heavy atom. The number of rotatable bonds is 3. The Morgan fingerprint density at radius 2 is 2.22 bits per heavy atom. The van der Waals surface area contributed by atoms with Crippen molar-refractivity contribution in [2.75, 3.05) is 18.5 Å². The first-order chi connectivity index (χ1) is 12.6. The Hall–Kier alpha value is -1.96. The van der Waals surface area contributed by atoms with Crippen molar-refractivity contribution in [2.45, 2.75) is 38.3 Å². The van der Waals surface area contributed by atoms with Gasteiger partial charge in [-0.1, -0.05) is 12.1 Å². The number of anilines is 1. The summed E-state index contributed by atoms with van der Waals surface area (Å²) in [6.45, 7) is 3.65. The molecule has 8 heteroatoms. The molecule has 4 rings (SSSR count). The number of carbonyl (C=O) groups excluding carboxylic acids is 1. The highest BCUT2D eigenvalue weighted by molar-refractivity contribution is 5.94. The van der Waals surface area contributed by atoms with Crippen molar-refractivity contribution in [1.29, 1.82) is 0 Å². The first kappa shape index (κ1) is 19.8. The molecular formula is C19H26ClN5O2. The van der Waals surface area contributed by atoms with Crippen molar-refractivity contribution in [3.05, 3.63) is 30.1 Å². The fourth-order valence-corrected chi connectivity index (χ4v) is 4.02. The number of amides is 1. The zero-order valence-corrected chi connectivity index (χ0v) is 16.5. The van der Waals surface area contributed by atoms with Crippen LogP contribution in [0.5, 0.6) is 0 Å². The fraction of sp³-hybridized carbons (Fsp3) is 0.526. The first-order valence-corrected chi connectivity index (χ1v) is 9.23. The maximum atomic E-state index is 12.8. The van der Waals surface area contributed by atoms with Crippen LogP contribution in [0.4, 0.5) is 5.69 Å². The lowest BCUT2D eigenvalue weighted by molar-refractivity contribution is -0.123. The number of fused-ring (bicyclic) bond motifs is 1. The van der Waals surface area contributed by atoms with Gasteiger partial charge in [-0.2, -0.15) is 0 Å². The van der Waals surface area contributed by atoms with Crippen LogP contribution < -0.4 is 10.6 Å². The summed E-state index contributed by atoms with van der Waals surface area (Å²) < 4.78 is 7.69. The van der Waals surface area contributed by atoms with Gasteiger partial charge in [0, 0.05) is 36.8 Å². The van der Waals surface area contributed by atoms with E-state index in [1.807, 2.05) is 36.7 Å². The molecule has 0 unspecified atom stereocenters. The van der Waals surface area contributed by atoms with E-state index in [4.69, 9.17) is 4.74 Å². The number of aromatic nitrogens is 3. The maximum Gasteiger partial charge on any atom is 0.227 e. The van der Waals surface area contributed by atoms with Crippen LogP contribution in [0, 0.1) is 12.8 Å². The molecule has 2 heterocycles. The van der Waals surface area contributed by atoms with Crippen LogP contribution in [-0.2, 0) is 16.6 Å². The number of nitrogens with zero attached hydrogens (tertiary/aromatic N) is 3. The molecule has 3 atom stereocenters. The number of nitrogens with one attached hydrogen (secondary N) is 2. The summed E-state index contributed by atoms with van der Waals surface area (Å²) >= 11 is 0. The molecule has 2 aromatic rings. The van der Waals surface area contributed by atoms with Gasteiger partial charge in [-0.05, 0) is 37.8 Å². The van der Waals surface area contributed by atoms with Crippen molar-refractivity contribution >= 4 is 24.0 Å². The number of benzene rings is 1. The van der Waals surface area contributed by atoms with E-state index >= 15 is 0 Å². The quantitative estimate of drug-likeness (QED) is 0.839. The summed E-state index contributed by atoms with van der Waals surface area (Å²) in [4.78, 5) is 12.8. The third kappa shape index (κ3) is 4.00. The van der Waals surface area contributed by atoms with Crippen molar-refractivity contribution in [3.63, 3.8) is 0 Å². The number of ether oxygens (including phenoxy) is 1. The van der Waals surface area contributed by atoms with Gasteiger partial charge in [-0.3, -0.25) is 4.79 Å². The molecule has 0 radical (unpaired) electrons. The molecule has 0 bridgehead atoms. The number of halogens is 1. The van der Waals surface area contributed by atoms with E-state index in [-0.39, 0.29) is 30.3 Å². The Morgan fingerprint density at radius 1 is 1.37 bits per heavy atom. The Balaban J connectivity index is 0.00000210. The lowest BCUT2D eigenvalue weighted by Gasteiger charge is -2.39. The SMILES string of the molecule is Cc1c(NC(=O)[C@H]2CC[C@H]3OCCN[C@@H]3C2)cccc1-c1nncn1C.Cl. The molecule has 27 heavy (non-hydrogen) atoms. The number of aryl methyl sites for hydroxylation is 1. The molecule has 1 aliphatic heterocycles. The molecule has 1 saturated carbocycles. The van der Waals surface area contributed by atoms with Gasteiger partial charge in [0.1, 0.15) is 6.33 Å². The lowest BCUT2D eigenvalue weighted by Crippen LogP contribution is -2.52. The zero-order chi connectivity index (χ0) is 18.1. The molecule has 1 saturated heterocycles. The largest absolute Gasteiger partial charge is 0.375 e. The van der Waals surface area contributed by atoms with Crippen LogP contribution in [0.15, 0.2) is 24.5 Å². The fourth-order valence-electron chi connectivity index (χ4n) is 4.02. The Bertz CT molecular complexity index is 809. The van der Waals surface area contributed by atoms with Gasteiger partial charge in [0.25, 0.3) is 0 Å². The van der Waals surface area contributed by atoms with E-state index in [0.29, 0.717) is 6.04 Å². The van der Waals surface area contributed by atoms with Crippen LogP contribution in [-0.4, -0.2) is 46.0 Å². The van der Waals surface area contributed by atoms with Crippen molar-refractivity contribution in [3.8, 4) is 11.4 Å². The van der Waals surface area contributed by atoms with Gasteiger partial charge in [-0.15, -0.1) is 22.6 Å². The molecule has 1 aromatic heterocycles. The summed E-state index contributed by atoms with van der Waals surface area (Å²) in [5.74, 6) is 0.903. The summed E-state index contributed by atoms with van der Waals surface area (Å²) in [7, 11) is 1.91. The third-order valence-electron chi connectivity index (χ3n) is 5.54. The van der Waals surface area contributed by atoms with E-state index in [1.165, 1.54) is 0 Å². The molecule has 2 fully saturated rings. The second-order valence-electron chi connectivity index (χ2n) is 7.21. The number of morpholine rings is 1. The number of hydrogen-bond acceptors (Lipinski definition) is 5. The zero-order valence-electron chi connectivity index (χ0n) is 15.6. The van der Waals surface area contributed by atoms with Gasteiger partial charge in [-0.25, -0.2) is 0 Å². The summed E-state index contributed by atoms with van der Waals surface area (Å²) in [6.07, 6.45) is 4.58. The molecule has 0 spiro atoms. The summed E-state index contributed by atoms with van der Waals surface area (Å²) in [5.41, 5.74) is 2.82. The van der Waals surface area contributed by atoms with E-state index in [1.54, 1.807) is 6.33 Å². The average Bonchev–Trinajstić information content (AvgIpc) is 3.08. The van der Waals surface area contributed by atoms with E-state index in [9.17, 15) is 4.79 Å². The first-order valence-electron chi connectivity index (χ1n) is 9.23. The number of hydrogen-bond donors (Lipinski definition) is 2. The van der Waals surface area contributed by atoms with Crippen molar-refractivity contribution < 1.29 is 9.53 Å². The van der Waals surface area contributed by atoms with Crippen LogP contribution in [0.1, 0.15) is 24.8 Å². The van der Waals surface area contributed by atoms with Crippen molar-refractivity contribution in [1.82, 2.24) is 20.1 Å². The maximum absolute atomic E-state index is 12.8. The Labute approximate surface area is 165 Å². The minimum absolute atomic E-state index is 0. The second kappa shape index (κ2) is 8.37. The van der Waals surface area contributed by atoms with Gasteiger partial charge in [0.15, 0.2) is 5.82 Å². The molecule has 146 valence electrons. The smallest absolute Gasteiger partial charge is 0.227 e. The molecular weight excluding hydrogens is 366 g/mol. The van der Waals surface area contributed by atoms with E-state index in [0.717, 1.165) is 55.1 Å². The minimum Gasteiger partial charge on any atom is -0.375 e. The second-order valence-corrected chi connectivity index (χ2v) is 7.21. The lowest BCUT2D eigenvalue weighted by atomic mass is 9.82. The Kier molecular flexibility index (Phi) is 6.14. The van der Waals surface area contributed by atoms with Crippen LogP contribution >= 0.6 is 12.4 Å². The normalized spacial score (nSPS) is 24.6. The third-order valence-corrected chi connectivity index (χ3v) is 5.54. The monoisotopic (exact) mass is 391 g/mol. The van der Waals surface area contributed by atoms with Crippen LogP contribution in [0.3, 0.4) is 0 Å². The number of carbonyl (C=O) groups is 1. The molecule has 2 N–H and O–H groups in total. The van der Waals surface area contributed by atoms with Crippen LogP contribution in [0.2, 0.25) is 0 Å². The molecule has 1 aromatic carbocycles. The van der Waals surface area contributed by atoms with Gasteiger partial charge < -0.3 is 19.9 Å². The van der Waals surface area contributed by atoms with Gasteiger partial charge in [0.2, 0.25) is 5.91 Å². The molecule has 1 amide bonds. The van der Waals surface area contributed by atoms with E-state index in [2.05, 4.69) is 20.8 Å². The van der Waals surface area contributed by atoms with Crippen molar-refractivity contribution in [2.24, 2.45) is 13.0 Å². The molecule has 2 aliphatic rings. The predicted octanol–water partition coefficient (Wildman–Crippen LogP) is 2.31. The van der Waals surface area contributed by atoms with Gasteiger partial charge >= 0.3 is 0 Å². The van der Waals surface area contributed by atoms with Crippen LogP contribution in [0.25, 0.3) is 11.4 Å². The van der Waals surface area contributed by atoms with E-state index < -0.39 is 0 Å². The summed E-state index contributed by atoms with van der Waals surface area (Å²) in [5, 5.41) is 14.8. The molecule has 7 nitrogen and oxygen atoms in total. The highest BCUT2D eigenvalue weighted by atomic mass is 35.5. The minimum atomic E-state index is 0. The topological polar surface area (TPSA) is 81.1 Å². The summed E-state index contributed by atoms with van der Waals surface area (Å²) in [6, 6.07) is 6.18. The molecule has 1 aliphatic carbocycles. The highest BCUT2D eigenvalue weighted by Crippen LogP contribution is 2.31. The average molecular weight is 392 g/mol. The highest BCUT2D eigenvalue weighted by Gasteiger charge is 2.36. The standard InChI is InChI=1S/C19H25N5O2.ClH/c1-12-14(18-23-21-11-24(18)2)4-3-5-15(12)22-19(25)13-6-7-17-16(10-13)20-8-9-26-17;/h3-5,11,13,16-17,20H,6-10H2,1-2H3,(H,22,25);1H/t13-,16+,17+;/m0./s1. The predicted molar refractivity (Wildman–Crippen MR) is 106 cm³/mol.